The average molecular weight is 529 g/mol. The van der Waals surface area contributed by atoms with Crippen LogP contribution >= 0.6 is 0 Å². The summed E-state index contributed by atoms with van der Waals surface area (Å²) in [6.45, 7) is 1.02. The number of hydrogen-bond donors (Lipinski definition) is 1. The largest absolute Gasteiger partial charge is 0.386 e. The Morgan fingerprint density at radius 3 is 2.46 bits per heavy atom. The van der Waals surface area contributed by atoms with Crippen LogP contribution in [-0.2, 0) is 6.54 Å². The van der Waals surface area contributed by atoms with Crippen molar-refractivity contribution in [2.45, 2.75) is 38.0 Å². The second-order valence-electron chi connectivity index (χ2n) is 9.82. The highest BCUT2D eigenvalue weighted by atomic mass is 19.2. The van der Waals surface area contributed by atoms with Crippen molar-refractivity contribution in [3.05, 3.63) is 113 Å². The van der Waals surface area contributed by atoms with E-state index in [1.165, 1.54) is 6.07 Å². The number of carbonyl (C=O) groups is 1. The van der Waals surface area contributed by atoms with Crippen LogP contribution in [0.2, 0.25) is 0 Å². The number of piperidine rings is 1. The lowest BCUT2D eigenvalue weighted by Crippen LogP contribution is -2.47. The molecule has 0 saturated carbocycles. The molecular formula is C31H30F2N4O2. The number of anilines is 1. The average Bonchev–Trinajstić information content (AvgIpc) is 2.98. The molecule has 1 amide bonds. The third-order valence-electron chi connectivity index (χ3n) is 7.12. The van der Waals surface area contributed by atoms with E-state index in [0.717, 1.165) is 36.1 Å². The van der Waals surface area contributed by atoms with Gasteiger partial charge in [-0.05, 0) is 42.5 Å². The van der Waals surface area contributed by atoms with Crippen LogP contribution in [0.4, 0.5) is 14.7 Å². The van der Waals surface area contributed by atoms with E-state index in [-0.39, 0.29) is 11.5 Å². The van der Waals surface area contributed by atoms with Gasteiger partial charge in [0.15, 0.2) is 11.6 Å². The fourth-order valence-corrected chi connectivity index (χ4v) is 5.07. The molecule has 0 radical (unpaired) electrons. The van der Waals surface area contributed by atoms with Gasteiger partial charge >= 0.3 is 0 Å². The Bertz CT molecular complexity index is 1440. The Hall–Kier alpha value is -4.17. The minimum Gasteiger partial charge on any atom is -0.386 e. The smallest absolute Gasteiger partial charge is 0.258 e. The minimum absolute atomic E-state index is 0.232. The Labute approximate surface area is 226 Å². The van der Waals surface area contributed by atoms with E-state index in [9.17, 15) is 18.7 Å². The number of hydrogen-bond acceptors (Lipinski definition) is 5. The molecule has 1 saturated heterocycles. The molecule has 8 heteroatoms. The third kappa shape index (κ3) is 5.81. The van der Waals surface area contributed by atoms with Gasteiger partial charge in [0, 0.05) is 31.9 Å². The van der Waals surface area contributed by atoms with E-state index in [4.69, 9.17) is 4.98 Å². The van der Waals surface area contributed by atoms with Crippen molar-refractivity contribution in [2.24, 2.45) is 0 Å². The maximum atomic E-state index is 14.0. The molecular weight excluding hydrogens is 498 g/mol. The molecule has 1 aliphatic heterocycles. The molecule has 4 aromatic rings. The van der Waals surface area contributed by atoms with E-state index >= 15 is 0 Å². The fourth-order valence-electron chi connectivity index (χ4n) is 5.07. The van der Waals surface area contributed by atoms with Gasteiger partial charge in [-0.1, -0.05) is 66.7 Å². The number of benzene rings is 3. The van der Waals surface area contributed by atoms with Gasteiger partial charge in [-0.15, -0.1) is 0 Å². The van der Waals surface area contributed by atoms with Gasteiger partial charge in [-0.25, -0.2) is 18.7 Å². The van der Waals surface area contributed by atoms with Crippen LogP contribution in [0.25, 0.3) is 11.3 Å². The topological polar surface area (TPSA) is 69.6 Å². The van der Waals surface area contributed by atoms with Gasteiger partial charge < -0.3 is 14.9 Å². The van der Waals surface area contributed by atoms with Gasteiger partial charge in [-0.2, -0.15) is 0 Å². The number of halogens is 2. The quantitative estimate of drug-likeness (QED) is 0.329. The molecule has 1 N–H and O–H groups in total. The van der Waals surface area contributed by atoms with Crippen molar-refractivity contribution in [2.75, 3.05) is 18.5 Å². The molecule has 39 heavy (non-hydrogen) atoms. The van der Waals surface area contributed by atoms with Crippen LogP contribution in [0.15, 0.2) is 85.1 Å². The molecule has 0 aliphatic carbocycles. The van der Waals surface area contributed by atoms with Crippen LogP contribution in [0, 0.1) is 11.6 Å². The first kappa shape index (κ1) is 26.4. The maximum Gasteiger partial charge on any atom is 0.258 e. The van der Waals surface area contributed by atoms with Crippen molar-refractivity contribution in [3.8, 4) is 11.3 Å². The highest BCUT2D eigenvalue weighted by Crippen LogP contribution is 2.32. The van der Waals surface area contributed by atoms with E-state index in [0.29, 0.717) is 36.7 Å². The van der Waals surface area contributed by atoms with Crippen LogP contribution in [0.3, 0.4) is 0 Å². The molecule has 3 aromatic carbocycles. The first-order chi connectivity index (χ1) is 18.9. The fraction of sp³-hybridized carbons (Fsp3) is 0.258. The van der Waals surface area contributed by atoms with E-state index < -0.39 is 23.8 Å². The Morgan fingerprint density at radius 1 is 1.03 bits per heavy atom. The van der Waals surface area contributed by atoms with E-state index in [2.05, 4.69) is 4.98 Å². The number of carbonyl (C=O) groups excluding carboxylic acids is 1. The molecule has 1 aromatic heterocycles. The maximum absolute atomic E-state index is 14.0. The predicted molar refractivity (Wildman–Crippen MR) is 146 cm³/mol. The molecule has 1 aliphatic rings. The second kappa shape index (κ2) is 11.7. The normalized spacial score (nSPS) is 16.1. The highest BCUT2D eigenvalue weighted by Gasteiger charge is 2.35. The standard InChI is InChI=1S/C31H30F2N4O2/c1-36(20-21-10-4-2-5-11-21)31-34-19-24(28(35-31)22-12-6-3-7-13-22)30(39)37-17-9-8-14-27(37)29(38)23-15-16-25(32)26(33)18-23/h2-7,10-13,15-16,18-19,27,29,38H,8-9,14,17,20H2,1H3. The summed E-state index contributed by atoms with van der Waals surface area (Å²) in [5.41, 5.74) is 2.93. The van der Waals surface area contributed by atoms with Crippen LogP contribution in [0.1, 0.15) is 46.9 Å². The Kier molecular flexibility index (Phi) is 7.93. The molecule has 2 atom stereocenters. The van der Waals surface area contributed by atoms with Gasteiger partial charge in [0.1, 0.15) is 0 Å². The number of aromatic nitrogens is 2. The zero-order valence-corrected chi connectivity index (χ0v) is 21.7. The van der Waals surface area contributed by atoms with Gasteiger partial charge in [0.25, 0.3) is 5.91 Å². The monoisotopic (exact) mass is 528 g/mol. The zero-order valence-electron chi connectivity index (χ0n) is 21.7. The van der Waals surface area contributed by atoms with E-state index in [1.807, 2.05) is 72.6 Å². The SMILES string of the molecule is CN(Cc1ccccc1)c1ncc(C(=O)N2CCCCC2C(O)c2ccc(F)c(F)c2)c(-c2ccccc2)n1. The number of rotatable bonds is 7. The summed E-state index contributed by atoms with van der Waals surface area (Å²) in [4.78, 5) is 26.9. The number of nitrogens with zero attached hydrogens (tertiary/aromatic N) is 4. The number of aliphatic hydroxyl groups is 1. The first-order valence-corrected chi connectivity index (χ1v) is 13.0. The molecule has 6 nitrogen and oxygen atoms in total. The van der Waals surface area contributed by atoms with Crippen molar-refractivity contribution in [1.82, 2.24) is 14.9 Å². The molecule has 1 fully saturated rings. The summed E-state index contributed by atoms with van der Waals surface area (Å²) >= 11 is 0. The number of likely N-dealkylation sites (tertiary alicyclic amines) is 1. The van der Waals surface area contributed by atoms with Crippen LogP contribution in [-0.4, -0.2) is 45.5 Å². The lowest BCUT2D eigenvalue weighted by atomic mass is 9.92. The Balaban J connectivity index is 1.48. The first-order valence-electron chi connectivity index (χ1n) is 13.0. The zero-order chi connectivity index (χ0) is 27.4. The van der Waals surface area contributed by atoms with Gasteiger partial charge in [-0.3, -0.25) is 4.79 Å². The lowest BCUT2D eigenvalue weighted by molar-refractivity contribution is 0.0210. The highest BCUT2D eigenvalue weighted by molar-refractivity contribution is 6.00. The van der Waals surface area contributed by atoms with Crippen molar-refractivity contribution in [1.29, 1.82) is 0 Å². The van der Waals surface area contributed by atoms with Crippen molar-refractivity contribution >= 4 is 11.9 Å². The van der Waals surface area contributed by atoms with Crippen molar-refractivity contribution in [3.63, 3.8) is 0 Å². The van der Waals surface area contributed by atoms with Gasteiger partial charge in [0.05, 0.1) is 23.4 Å². The summed E-state index contributed by atoms with van der Waals surface area (Å²) in [7, 11) is 1.90. The third-order valence-corrected chi connectivity index (χ3v) is 7.12. The van der Waals surface area contributed by atoms with Crippen LogP contribution in [0.5, 0.6) is 0 Å². The predicted octanol–water partition coefficient (Wildman–Crippen LogP) is 5.79. The number of amides is 1. The molecule has 0 bridgehead atoms. The van der Waals surface area contributed by atoms with E-state index in [1.54, 1.807) is 11.1 Å². The molecule has 2 heterocycles. The Morgan fingerprint density at radius 2 is 1.74 bits per heavy atom. The molecule has 2 unspecified atom stereocenters. The second-order valence-corrected chi connectivity index (χ2v) is 9.82. The minimum atomic E-state index is -1.17. The molecule has 0 spiro atoms. The summed E-state index contributed by atoms with van der Waals surface area (Å²) in [5.74, 6) is -1.84. The van der Waals surface area contributed by atoms with Crippen molar-refractivity contribution < 1.29 is 18.7 Å². The summed E-state index contributed by atoms with van der Waals surface area (Å²) < 4.78 is 27.4. The molecule has 5 rings (SSSR count). The van der Waals surface area contributed by atoms with Gasteiger partial charge in [0.2, 0.25) is 5.95 Å². The summed E-state index contributed by atoms with van der Waals surface area (Å²) in [6, 6.07) is 22.2. The van der Waals surface area contributed by atoms with Crippen LogP contribution < -0.4 is 4.90 Å². The number of aliphatic hydroxyl groups excluding tert-OH is 1. The summed E-state index contributed by atoms with van der Waals surface area (Å²) in [5, 5.41) is 11.1. The summed E-state index contributed by atoms with van der Waals surface area (Å²) in [6.07, 6.45) is 2.49. The molecule has 200 valence electrons. The lowest BCUT2D eigenvalue weighted by Gasteiger charge is -2.39.